The van der Waals surface area contributed by atoms with E-state index in [9.17, 15) is 4.79 Å². The molecule has 0 unspecified atom stereocenters. The first-order valence-corrected chi connectivity index (χ1v) is 8.50. The zero-order chi connectivity index (χ0) is 14.2. The number of anilines is 1. The molecule has 2 N–H and O–H groups in total. The van der Waals surface area contributed by atoms with Gasteiger partial charge in [0.05, 0.1) is 0 Å². The molecule has 1 aromatic carbocycles. The van der Waals surface area contributed by atoms with Gasteiger partial charge in [-0.15, -0.1) is 24.2 Å². The number of halogens is 1. The zero-order valence-corrected chi connectivity index (χ0v) is 14.2. The van der Waals surface area contributed by atoms with Gasteiger partial charge in [-0.1, -0.05) is 13.0 Å². The highest BCUT2D eigenvalue weighted by molar-refractivity contribution is 7.99. The number of piperidine rings is 1. The molecule has 5 heteroatoms. The van der Waals surface area contributed by atoms with E-state index in [0.717, 1.165) is 31.0 Å². The SMILES string of the molecule is CCSc1cccc(NC(=O)CCC2CCNCC2)c1.Cl. The molecule has 0 bridgehead atoms. The van der Waals surface area contributed by atoms with Crippen molar-refractivity contribution in [3.05, 3.63) is 24.3 Å². The number of hydrogen-bond donors (Lipinski definition) is 2. The third-order valence-corrected chi connectivity index (χ3v) is 4.54. The zero-order valence-electron chi connectivity index (χ0n) is 12.6. The summed E-state index contributed by atoms with van der Waals surface area (Å²) in [4.78, 5) is 13.2. The second kappa shape index (κ2) is 10.1. The minimum Gasteiger partial charge on any atom is -0.326 e. The van der Waals surface area contributed by atoms with Crippen LogP contribution in [0.3, 0.4) is 0 Å². The van der Waals surface area contributed by atoms with E-state index in [-0.39, 0.29) is 18.3 Å². The van der Waals surface area contributed by atoms with Gasteiger partial charge in [0.1, 0.15) is 0 Å². The summed E-state index contributed by atoms with van der Waals surface area (Å²) in [5.41, 5.74) is 0.916. The van der Waals surface area contributed by atoms with Crippen molar-refractivity contribution in [3.8, 4) is 0 Å². The van der Waals surface area contributed by atoms with Crippen molar-refractivity contribution in [1.29, 1.82) is 0 Å². The minimum absolute atomic E-state index is 0. The average molecular weight is 329 g/mol. The number of benzene rings is 1. The molecular weight excluding hydrogens is 304 g/mol. The first-order chi connectivity index (χ1) is 9.78. The summed E-state index contributed by atoms with van der Waals surface area (Å²) in [5, 5.41) is 6.37. The molecule has 21 heavy (non-hydrogen) atoms. The molecule has 0 aliphatic carbocycles. The molecule has 1 aliphatic rings. The maximum atomic E-state index is 12.0. The van der Waals surface area contributed by atoms with E-state index < -0.39 is 0 Å². The lowest BCUT2D eigenvalue weighted by atomic mass is 9.93. The van der Waals surface area contributed by atoms with Crippen molar-refractivity contribution in [2.75, 3.05) is 24.2 Å². The third-order valence-electron chi connectivity index (χ3n) is 3.67. The van der Waals surface area contributed by atoms with E-state index in [1.54, 1.807) is 11.8 Å². The van der Waals surface area contributed by atoms with Crippen molar-refractivity contribution in [2.45, 2.75) is 37.5 Å². The smallest absolute Gasteiger partial charge is 0.224 e. The summed E-state index contributed by atoms with van der Waals surface area (Å²) < 4.78 is 0. The van der Waals surface area contributed by atoms with Crippen LogP contribution in [0.2, 0.25) is 0 Å². The Morgan fingerprint density at radius 1 is 1.38 bits per heavy atom. The van der Waals surface area contributed by atoms with Crippen molar-refractivity contribution in [2.24, 2.45) is 5.92 Å². The van der Waals surface area contributed by atoms with Gasteiger partial charge in [-0.05, 0) is 62.2 Å². The molecule has 1 heterocycles. The van der Waals surface area contributed by atoms with Crippen LogP contribution in [0.4, 0.5) is 5.69 Å². The van der Waals surface area contributed by atoms with Crippen LogP contribution in [0.5, 0.6) is 0 Å². The van der Waals surface area contributed by atoms with Gasteiger partial charge in [-0.25, -0.2) is 0 Å². The van der Waals surface area contributed by atoms with E-state index in [2.05, 4.69) is 29.7 Å². The lowest BCUT2D eigenvalue weighted by Crippen LogP contribution is -2.28. The van der Waals surface area contributed by atoms with Gasteiger partial charge in [-0.3, -0.25) is 4.79 Å². The predicted molar refractivity (Wildman–Crippen MR) is 93.5 cm³/mol. The number of rotatable bonds is 6. The molecule has 0 atom stereocenters. The molecule has 0 saturated carbocycles. The van der Waals surface area contributed by atoms with Crippen LogP contribution in [0.25, 0.3) is 0 Å². The number of nitrogens with one attached hydrogen (secondary N) is 2. The first-order valence-electron chi connectivity index (χ1n) is 7.51. The summed E-state index contributed by atoms with van der Waals surface area (Å²) in [6.07, 6.45) is 4.05. The summed E-state index contributed by atoms with van der Waals surface area (Å²) in [6, 6.07) is 8.10. The van der Waals surface area contributed by atoms with E-state index in [4.69, 9.17) is 0 Å². The van der Waals surface area contributed by atoms with Gasteiger partial charge in [0.2, 0.25) is 5.91 Å². The number of carbonyl (C=O) groups excluding carboxylic acids is 1. The lowest BCUT2D eigenvalue weighted by Gasteiger charge is -2.22. The van der Waals surface area contributed by atoms with Crippen LogP contribution >= 0.6 is 24.2 Å². The summed E-state index contributed by atoms with van der Waals surface area (Å²) in [5.74, 6) is 1.90. The quantitative estimate of drug-likeness (QED) is 0.777. The van der Waals surface area contributed by atoms with Crippen molar-refractivity contribution in [1.82, 2.24) is 5.32 Å². The molecule has 1 fully saturated rings. The van der Waals surface area contributed by atoms with Crippen LogP contribution in [-0.4, -0.2) is 24.7 Å². The fourth-order valence-corrected chi connectivity index (χ4v) is 3.28. The van der Waals surface area contributed by atoms with Crippen molar-refractivity contribution in [3.63, 3.8) is 0 Å². The van der Waals surface area contributed by atoms with Crippen LogP contribution in [0.1, 0.15) is 32.6 Å². The Kier molecular flexibility index (Phi) is 8.81. The Morgan fingerprint density at radius 2 is 2.14 bits per heavy atom. The van der Waals surface area contributed by atoms with Crippen LogP contribution in [0.15, 0.2) is 29.2 Å². The highest BCUT2D eigenvalue weighted by atomic mass is 35.5. The molecule has 1 saturated heterocycles. The monoisotopic (exact) mass is 328 g/mol. The van der Waals surface area contributed by atoms with E-state index in [0.29, 0.717) is 12.3 Å². The summed E-state index contributed by atoms with van der Waals surface area (Å²) in [7, 11) is 0. The second-order valence-electron chi connectivity index (χ2n) is 5.24. The Hall–Kier alpha value is -0.710. The lowest BCUT2D eigenvalue weighted by molar-refractivity contribution is -0.116. The Bertz CT molecular complexity index is 436. The van der Waals surface area contributed by atoms with Crippen molar-refractivity contribution >= 4 is 35.8 Å². The summed E-state index contributed by atoms with van der Waals surface area (Å²) in [6.45, 7) is 4.33. The molecule has 0 radical (unpaired) electrons. The molecule has 118 valence electrons. The first kappa shape index (κ1) is 18.3. The molecule has 2 rings (SSSR count). The average Bonchev–Trinajstić information content (AvgIpc) is 2.47. The highest BCUT2D eigenvalue weighted by Crippen LogP contribution is 2.22. The fraction of sp³-hybridized carbons (Fsp3) is 0.562. The van der Waals surface area contributed by atoms with Crippen molar-refractivity contribution < 1.29 is 4.79 Å². The summed E-state index contributed by atoms with van der Waals surface area (Å²) >= 11 is 1.79. The Labute approximate surface area is 138 Å². The number of thioether (sulfide) groups is 1. The molecule has 1 aliphatic heterocycles. The number of carbonyl (C=O) groups is 1. The van der Waals surface area contributed by atoms with Gasteiger partial charge < -0.3 is 10.6 Å². The second-order valence-corrected chi connectivity index (χ2v) is 6.58. The molecular formula is C16H25ClN2OS. The standard InChI is InChI=1S/C16H24N2OS.ClH/c1-2-20-15-5-3-4-14(12-15)18-16(19)7-6-13-8-10-17-11-9-13;/h3-5,12-13,17H,2,6-11H2,1H3,(H,18,19);1H. The number of amides is 1. The molecule has 1 aromatic rings. The van der Waals surface area contributed by atoms with Crippen LogP contribution in [0, 0.1) is 5.92 Å². The van der Waals surface area contributed by atoms with Gasteiger partial charge in [0, 0.05) is 17.0 Å². The van der Waals surface area contributed by atoms with Gasteiger partial charge in [0.25, 0.3) is 0 Å². The molecule has 1 amide bonds. The third kappa shape index (κ3) is 6.72. The van der Waals surface area contributed by atoms with Gasteiger partial charge in [0.15, 0.2) is 0 Å². The molecule has 3 nitrogen and oxygen atoms in total. The predicted octanol–water partition coefficient (Wildman–Crippen LogP) is 3.94. The van der Waals surface area contributed by atoms with Gasteiger partial charge >= 0.3 is 0 Å². The van der Waals surface area contributed by atoms with E-state index in [1.807, 2.05) is 12.1 Å². The maximum absolute atomic E-state index is 12.0. The maximum Gasteiger partial charge on any atom is 0.224 e. The fourth-order valence-electron chi connectivity index (χ4n) is 2.56. The van der Waals surface area contributed by atoms with Gasteiger partial charge in [-0.2, -0.15) is 0 Å². The largest absolute Gasteiger partial charge is 0.326 e. The minimum atomic E-state index is 0. The normalized spacial score (nSPS) is 15.3. The van der Waals surface area contributed by atoms with E-state index in [1.165, 1.54) is 17.7 Å². The Morgan fingerprint density at radius 3 is 2.86 bits per heavy atom. The van der Waals surface area contributed by atoms with Crippen LogP contribution in [-0.2, 0) is 4.79 Å². The number of hydrogen-bond acceptors (Lipinski definition) is 3. The topological polar surface area (TPSA) is 41.1 Å². The van der Waals surface area contributed by atoms with E-state index >= 15 is 0 Å². The molecule has 0 spiro atoms. The van der Waals surface area contributed by atoms with Crippen LogP contribution < -0.4 is 10.6 Å². The highest BCUT2D eigenvalue weighted by Gasteiger charge is 2.14. The molecule has 0 aromatic heterocycles. The Balaban J connectivity index is 0.00000220.